The smallest absolute Gasteiger partial charge is 0.236 e. The zero-order chi connectivity index (χ0) is 12.3. The van der Waals surface area contributed by atoms with E-state index in [0.717, 1.165) is 24.4 Å². The van der Waals surface area contributed by atoms with Crippen molar-refractivity contribution >= 4 is 29.1 Å². The zero-order valence-electron chi connectivity index (χ0n) is 8.48. The number of benzene rings is 1. The number of carbonyl (C=O) groups is 1. The van der Waals surface area contributed by atoms with Crippen molar-refractivity contribution in [2.45, 2.75) is 0 Å². The topological polar surface area (TPSA) is 53.8 Å². The first kappa shape index (κ1) is 11.7. The quantitative estimate of drug-likeness (QED) is 0.643. The summed E-state index contributed by atoms with van der Waals surface area (Å²) < 4.78 is 26.0. The van der Waals surface area contributed by atoms with Crippen molar-refractivity contribution in [1.82, 2.24) is 5.32 Å². The molecule has 1 aromatic carbocycles. The summed E-state index contributed by atoms with van der Waals surface area (Å²) >= 11 is 1.20. The van der Waals surface area contributed by atoms with Crippen LogP contribution < -0.4 is 5.32 Å². The van der Waals surface area contributed by atoms with Crippen molar-refractivity contribution < 1.29 is 13.6 Å². The Labute approximate surface area is 99.8 Å². The summed E-state index contributed by atoms with van der Waals surface area (Å²) in [6, 6.07) is 3.04. The second-order valence-electron chi connectivity index (χ2n) is 3.15. The van der Waals surface area contributed by atoms with Gasteiger partial charge in [-0.25, -0.2) is 8.78 Å². The highest BCUT2D eigenvalue weighted by Gasteiger charge is 2.15. The average molecular weight is 255 g/mol. The van der Waals surface area contributed by atoms with Gasteiger partial charge in [0.05, 0.1) is 12.0 Å². The molecule has 0 spiro atoms. The molecule has 7 heteroatoms. The van der Waals surface area contributed by atoms with Gasteiger partial charge in [0, 0.05) is 5.56 Å². The van der Waals surface area contributed by atoms with Gasteiger partial charge in [0.1, 0.15) is 11.6 Å². The molecule has 1 saturated heterocycles. The normalized spacial score (nSPS) is 18.0. The molecule has 0 aliphatic carbocycles. The zero-order valence-corrected chi connectivity index (χ0v) is 9.30. The number of carbonyl (C=O) groups excluding carboxylic acids is 1. The van der Waals surface area contributed by atoms with E-state index in [9.17, 15) is 13.6 Å². The highest BCUT2D eigenvalue weighted by Crippen LogP contribution is 2.10. The van der Waals surface area contributed by atoms with Gasteiger partial charge < -0.3 is 5.32 Å². The Morgan fingerprint density at radius 3 is 2.94 bits per heavy atom. The number of hydrogen-bond donors (Lipinski definition) is 1. The lowest BCUT2D eigenvalue weighted by Crippen LogP contribution is -2.19. The summed E-state index contributed by atoms with van der Waals surface area (Å²) in [6.07, 6.45) is 1.09. The molecule has 0 saturated carbocycles. The molecule has 1 aliphatic rings. The van der Waals surface area contributed by atoms with Crippen LogP contribution in [0, 0.1) is 11.6 Å². The molecule has 0 aromatic heterocycles. The third kappa shape index (κ3) is 3.10. The highest BCUT2D eigenvalue weighted by atomic mass is 32.2. The minimum atomic E-state index is -0.585. The lowest BCUT2D eigenvalue weighted by Gasteiger charge is -1.95. The van der Waals surface area contributed by atoms with E-state index >= 15 is 0 Å². The van der Waals surface area contributed by atoms with Crippen molar-refractivity contribution in [3.05, 3.63) is 35.4 Å². The Morgan fingerprint density at radius 1 is 1.41 bits per heavy atom. The summed E-state index contributed by atoms with van der Waals surface area (Å²) in [5.41, 5.74) is 0.00340. The molecule has 0 radical (unpaired) electrons. The van der Waals surface area contributed by atoms with Gasteiger partial charge in [-0.1, -0.05) is 11.8 Å². The molecule has 0 atom stereocenters. The molecule has 0 bridgehead atoms. The standard InChI is InChI=1S/C10H7F2N3OS/c11-7-1-2-8(12)6(3-7)4-13-15-10-14-9(16)5-17-10/h1-4H,5H2,(H,14,15,16). The fraction of sp³-hybridized carbons (Fsp3) is 0.100. The number of thioether (sulfide) groups is 1. The number of rotatable bonds is 2. The molecular formula is C10H7F2N3OS. The fourth-order valence-electron chi connectivity index (χ4n) is 1.14. The van der Waals surface area contributed by atoms with Crippen LogP contribution in [0.15, 0.2) is 28.4 Å². The summed E-state index contributed by atoms with van der Waals surface area (Å²) in [5.74, 6) is -0.994. The molecule has 1 aromatic rings. The third-order valence-corrected chi connectivity index (χ3v) is 2.75. The van der Waals surface area contributed by atoms with E-state index in [1.165, 1.54) is 11.8 Å². The summed E-state index contributed by atoms with van der Waals surface area (Å²) in [5, 5.41) is 10.1. The minimum Gasteiger partial charge on any atom is -0.303 e. The molecule has 88 valence electrons. The Kier molecular flexibility index (Phi) is 3.48. The van der Waals surface area contributed by atoms with Crippen LogP contribution in [-0.4, -0.2) is 23.0 Å². The van der Waals surface area contributed by atoms with Crippen LogP contribution >= 0.6 is 11.8 Å². The first-order chi connectivity index (χ1) is 8.15. The molecule has 2 rings (SSSR count). The first-order valence-electron chi connectivity index (χ1n) is 4.64. The predicted octanol–water partition coefficient (Wildman–Crippen LogP) is 1.52. The molecule has 17 heavy (non-hydrogen) atoms. The van der Waals surface area contributed by atoms with Crippen molar-refractivity contribution in [1.29, 1.82) is 0 Å². The maximum absolute atomic E-state index is 13.2. The SMILES string of the molecule is O=C1CSC(=NN=Cc2cc(F)ccc2F)N1. The van der Waals surface area contributed by atoms with Crippen LogP contribution in [0.1, 0.15) is 5.56 Å². The van der Waals surface area contributed by atoms with Crippen LogP contribution in [0.5, 0.6) is 0 Å². The molecule has 4 nitrogen and oxygen atoms in total. The van der Waals surface area contributed by atoms with Crippen LogP contribution in [0.25, 0.3) is 0 Å². The fourth-order valence-corrected chi connectivity index (χ4v) is 1.77. The van der Waals surface area contributed by atoms with Gasteiger partial charge in [0.15, 0.2) is 5.17 Å². The summed E-state index contributed by atoms with van der Waals surface area (Å²) in [6.45, 7) is 0. The van der Waals surface area contributed by atoms with Gasteiger partial charge in [-0.2, -0.15) is 5.10 Å². The maximum Gasteiger partial charge on any atom is 0.236 e. The second kappa shape index (κ2) is 5.05. The molecule has 1 N–H and O–H groups in total. The van der Waals surface area contributed by atoms with Crippen molar-refractivity contribution in [2.75, 3.05) is 5.75 Å². The summed E-state index contributed by atoms with van der Waals surface area (Å²) in [4.78, 5) is 10.8. The van der Waals surface area contributed by atoms with Gasteiger partial charge in [-0.05, 0) is 18.2 Å². The average Bonchev–Trinajstić information content (AvgIpc) is 2.69. The second-order valence-corrected chi connectivity index (χ2v) is 4.12. The van der Waals surface area contributed by atoms with Gasteiger partial charge in [-0.3, -0.25) is 4.79 Å². The molecular weight excluding hydrogens is 248 g/mol. The molecule has 1 aliphatic heterocycles. The van der Waals surface area contributed by atoms with Crippen molar-refractivity contribution in [3.63, 3.8) is 0 Å². The van der Waals surface area contributed by atoms with Crippen LogP contribution in [0.4, 0.5) is 8.78 Å². The van der Waals surface area contributed by atoms with Crippen molar-refractivity contribution in [3.8, 4) is 0 Å². The molecule has 1 amide bonds. The number of amidine groups is 1. The number of nitrogens with one attached hydrogen (secondary N) is 1. The Bertz CT molecular complexity index is 516. The number of nitrogens with zero attached hydrogens (tertiary/aromatic N) is 2. The van der Waals surface area contributed by atoms with Crippen LogP contribution in [0.2, 0.25) is 0 Å². The maximum atomic E-state index is 13.2. The molecule has 1 heterocycles. The van der Waals surface area contributed by atoms with E-state index in [1.54, 1.807) is 0 Å². The Hall–Kier alpha value is -1.76. The van der Waals surface area contributed by atoms with Gasteiger partial charge in [0.2, 0.25) is 5.91 Å². The summed E-state index contributed by atoms with van der Waals surface area (Å²) in [7, 11) is 0. The van der Waals surface area contributed by atoms with Gasteiger partial charge in [0.25, 0.3) is 0 Å². The third-order valence-electron chi connectivity index (χ3n) is 1.89. The number of halogens is 2. The Balaban J connectivity index is 2.10. The van der Waals surface area contributed by atoms with Crippen LogP contribution in [-0.2, 0) is 4.79 Å². The van der Waals surface area contributed by atoms with E-state index in [1.807, 2.05) is 0 Å². The minimum absolute atomic E-state index is 0.00340. The lowest BCUT2D eigenvalue weighted by atomic mass is 10.2. The van der Waals surface area contributed by atoms with E-state index in [-0.39, 0.29) is 11.5 Å². The highest BCUT2D eigenvalue weighted by molar-refractivity contribution is 8.15. The van der Waals surface area contributed by atoms with Crippen molar-refractivity contribution in [2.24, 2.45) is 10.2 Å². The molecule has 0 unspecified atom stereocenters. The monoisotopic (exact) mass is 255 g/mol. The van der Waals surface area contributed by atoms with Gasteiger partial charge in [-0.15, -0.1) is 5.10 Å². The van der Waals surface area contributed by atoms with Crippen LogP contribution in [0.3, 0.4) is 0 Å². The predicted molar refractivity (Wildman–Crippen MR) is 62.0 cm³/mol. The van der Waals surface area contributed by atoms with E-state index in [4.69, 9.17) is 0 Å². The Morgan fingerprint density at radius 2 is 2.24 bits per heavy atom. The lowest BCUT2D eigenvalue weighted by molar-refractivity contribution is -0.116. The van der Waals surface area contributed by atoms with E-state index in [2.05, 4.69) is 15.5 Å². The van der Waals surface area contributed by atoms with E-state index in [0.29, 0.717) is 10.9 Å². The van der Waals surface area contributed by atoms with E-state index < -0.39 is 11.6 Å². The molecule has 1 fully saturated rings. The number of hydrogen-bond acceptors (Lipinski definition) is 4. The largest absolute Gasteiger partial charge is 0.303 e. The first-order valence-corrected chi connectivity index (χ1v) is 5.62. The number of amides is 1. The van der Waals surface area contributed by atoms with Gasteiger partial charge >= 0.3 is 0 Å².